The van der Waals surface area contributed by atoms with Crippen LogP contribution in [0.2, 0.25) is 0 Å². The molecular formula is C23H24. The van der Waals surface area contributed by atoms with Gasteiger partial charge in [0.05, 0.1) is 0 Å². The summed E-state index contributed by atoms with van der Waals surface area (Å²) in [7, 11) is 0. The third-order valence-corrected chi connectivity index (χ3v) is 4.53. The van der Waals surface area contributed by atoms with Gasteiger partial charge in [0, 0.05) is 0 Å². The largest absolute Gasteiger partial charge is 0.103 e. The predicted molar refractivity (Wildman–Crippen MR) is 103 cm³/mol. The molecule has 0 heterocycles. The van der Waals surface area contributed by atoms with Crippen molar-refractivity contribution in [2.45, 2.75) is 32.1 Å². The van der Waals surface area contributed by atoms with Gasteiger partial charge >= 0.3 is 0 Å². The fourth-order valence-corrected chi connectivity index (χ4v) is 3.45. The highest BCUT2D eigenvalue weighted by Gasteiger charge is 2.14. The van der Waals surface area contributed by atoms with Crippen LogP contribution in [-0.4, -0.2) is 0 Å². The van der Waals surface area contributed by atoms with Crippen molar-refractivity contribution >= 4 is 21.5 Å². The number of hydrogen-bond acceptors (Lipinski definition) is 0. The summed E-state index contributed by atoms with van der Waals surface area (Å²) in [6, 6.07) is 19.9. The van der Waals surface area contributed by atoms with E-state index in [-0.39, 0.29) is 0 Å². The molecule has 0 amide bonds. The Morgan fingerprint density at radius 2 is 1.70 bits per heavy atom. The van der Waals surface area contributed by atoms with Crippen molar-refractivity contribution in [3.8, 4) is 0 Å². The lowest BCUT2D eigenvalue weighted by atomic mass is 9.85. The van der Waals surface area contributed by atoms with Crippen molar-refractivity contribution in [1.82, 2.24) is 0 Å². The molecule has 0 saturated carbocycles. The maximum absolute atomic E-state index is 4.13. The van der Waals surface area contributed by atoms with Crippen LogP contribution in [0, 0.1) is 0 Å². The van der Waals surface area contributed by atoms with Crippen molar-refractivity contribution in [3.63, 3.8) is 0 Å². The van der Waals surface area contributed by atoms with Gasteiger partial charge in [0.15, 0.2) is 0 Å². The second-order valence-electron chi connectivity index (χ2n) is 6.49. The van der Waals surface area contributed by atoms with Crippen molar-refractivity contribution in [1.29, 1.82) is 0 Å². The molecule has 0 aromatic heterocycles. The van der Waals surface area contributed by atoms with Gasteiger partial charge in [-0.25, -0.2) is 0 Å². The van der Waals surface area contributed by atoms with Gasteiger partial charge in [-0.15, -0.1) is 13.2 Å². The van der Waals surface area contributed by atoms with Crippen LogP contribution in [0.1, 0.15) is 37.7 Å². The summed E-state index contributed by atoms with van der Waals surface area (Å²) in [5, 5.41) is 5.32. The molecule has 3 aromatic rings. The molecule has 23 heavy (non-hydrogen) atoms. The minimum absolute atomic E-state index is 0.510. The summed E-state index contributed by atoms with van der Waals surface area (Å²) < 4.78 is 0. The lowest BCUT2D eigenvalue weighted by Gasteiger charge is -2.19. The highest BCUT2D eigenvalue weighted by Crippen LogP contribution is 2.35. The highest BCUT2D eigenvalue weighted by molar-refractivity contribution is 5.99. The van der Waals surface area contributed by atoms with Gasteiger partial charge in [-0.2, -0.15) is 0 Å². The third-order valence-electron chi connectivity index (χ3n) is 4.53. The van der Waals surface area contributed by atoms with Gasteiger partial charge in [0.25, 0.3) is 0 Å². The Balaban J connectivity index is 2.15. The first-order valence-corrected chi connectivity index (χ1v) is 8.35. The second kappa shape index (κ2) is 6.83. The maximum atomic E-state index is 4.13. The van der Waals surface area contributed by atoms with E-state index in [1.807, 2.05) is 6.08 Å². The molecule has 1 atom stereocenters. The molecule has 1 unspecified atom stereocenters. The van der Waals surface area contributed by atoms with E-state index in [1.165, 1.54) is 32.7 Å². The SMILES string of the molecule is C=CCCC(CC(=C)C)c1cccc2cc3ccccc3cc12. The minimum atomic E-state index is 0.510. The Kier molecular flexibility index (Phi) is 4.62. The molecule has 0 N–H and O–H groups in total. The molecule has 0 bridgehead atoms. The zero-order chi connectivity index (χ0) is 16.2. The number of fused-ring (bicyclic) bond motifs is 2. The summed E-state index contributed by atoms with van der Waals surface area (Å²) in [5.74, 6) is 0.510. The molecule has 0 nitrogen and oxygen atoms in total. The van der Waals surface area contributed by atoms with Crippen molar-refractivity contribution in [2.75, 3.05) is 0 Å². The molecule has 3 rings (SSSR count). The van der Waals surface area contributed by atoms with Gasteiger partial charge in [0.2, 0.25) is 0 Å². The van der Waals surface area contributed by atoms with E-state index in [0.29, 0.717) is 5.92 Å². The number of hydrogen-bond donors (Lipinski definition) is 0. The van der Waals surface area contributed by atoms with Crippen LogP contribution in [0.5, 0.6) is 0 Å². The average Bonchev–Trinajstić information content (AvgIpc) is 2.56. The molecule has 0 aliphatic heterocycles. The predicted octanol–water partition coefficient (Wildman–Crippen LogP) is 7.01. The summed E-state index contributed by atoms with van der Waals surface area (Å²) in [5.41, 5.74) is 2.69. The molecule has 0 spiro atoms. The van der Waals surface area contributed by atoms with Crippen LogP contribution in [-0.2, 0) is 0 Å². The monoisotopic (exact) mass is 300 g/mol. The molecule has 3 aromatic carbocycles. The fraction of sp³-hybridized carbons (Fsp3) is 0.217. The van der Waals surface area contributed by atoms with Gasteiger partial charge < -0.3 is 0 Å². The first kappa shape index (κ1) is 15.6. The molecule has 0 aliphatic rings. The standard InChI is InChI=1S/C23H24/c1-4-5-9-20(14-17(2)3)22-13-8-12-21-15-18-10-6-7-11-19(18)16-23(21)22/h4,6-8,10-13,15-16,20H,1-2,5,9,14H2,3H3. The Bertz CT molecular complexity index is 854. The normalized spacial score (nSPS) is 12.4. The van der Waals surface area contributed by atoms with E-state index < -0.39 is 0 Å². The molecule has 0 saturated heterocycles. The minimum Gasteiger partial charge on any atom is -0.103 e. The molecule has 0 fully saturated rings. The Labute approximate surface area is 139 Å². The van der Waals surface area contributed by atoms with E-state index in [9.17, 15) is 0 Å². The number of benzene rings is 3. The summed E-state index contributed by atoms with van der Waals surface area (Å²) >= 11 is 0. The van der Waals surface area contributed by atoms with Gasteiger partial charge in [0.1, 0.15) is 0 Å². The van der Waals surface area contributed by atoms with Gasteiger partial charge in [-0.3, -0.25) is 0 Å². The highest BCUT2D eigenvalue weighted by atomic mass is 14.2. The van der Waals surface area contributed by atoms with Crippen LogP contribution < -0.4 is 0 Å². The smallest absolute Gasteiger partial charge is 0.0116 e. The van der Waals surface area contributed by atoms with Crippen LogP contribution >= 0.6 is 0 Å². The first-order valence-electron chi connectivity index (χ1n) is 8.35. The van der Waals surface area contributed by atoms with Crippen LogP contribution in [0.15, 0.2) is 79.4 Å². The second-order valence-corrected chi connectivity index (χ2v) is 6.49. The first-order chi connectivity index (χ1) is 11.2. The van der Waals surface area contributed by atoms with E-state index in [0.717, 1.165) is 19.3 Å². The third kappa shape index (κ3) is 3.37. The van der Waals surface area contributed by atoms with Crippen molar-refractivity contribution < 1.29 is 0 Å². The molecule has 0 aliphatic carbocycles. The lowest BCUT2D eigenvalue weighted by molar-refractivity contribution is 0.631. The number of allylic oxidation sites excluding steroid dienone is 2. The van der Waals surface area contributed by atoms with E-state index >= 15 is 0 Å². The maximum Gasteiger partial charge on any atom is -0.0116 e. The topological polar surface area (TPSA) is 0 Å². The quantitative estimate of drug-likeness (QED) is 0.339. The van der Waals surface area contributed by atoms with Crippen LogP contribution in [0.3, 0.4) is 0 Å². The molecule has 0 radical (unpaired) electrons. The van der Waals surface area contributed by atoms with E-state index in [4.69, 9.17) is 0 Å². The van der Waals surface area contributed by atoms with Crippen molar-refractivity contribution in [2.24, 2.45) is 0 Å². The fourth-order valence-electron chi connectivity index (χ4n) is 3.45. The Hall–Kier alpha value is -2.34. The zero-order valence-corrected chi connectivity index (χ0v) is 13.9. The Morgan fingerprint density at radius 1 is 1.00 bits per heavy atom. The van der Waals surface area contributed by atoms with Crippen molar-refractivity contribution in [3.05, 3.63) is 85.0 Å². The van der Waals surface area contributed by atoms with E-state index in [1.54, 1.807) is 0 Å². The number of rotatable bonds is 6. The summed E-state index contributed by atoms with van der Waals surface area (Å²) in [6.45, 7) is 10.1. The lowest BCUT2D eigenvalue weighted by Crippen LogP contribution is -2.00. The van der Waals surface area contributed by atoms with Gasteiger partial charge in [-0.1, -0.05) is 54.1 Å². The average molecular weight is 300 g/mol. The zero-order valence-electron chi connectivity index (χ0n) is 13.9. The van der Waals surface area contributed by atoms with Gasteiger partial charge in [-0.05, 0) is 71.3 Å². The van der Waals surface area contributed by atoms with Crippen LogP contribution in [0.4, 0.5) is 0 Å². The molecule has 0 heteroatoms. The van der Waals surface area contributed by atoms with Crippen LogP contribution in [0.25, 0.3) is 21.5 Å². The molecular weight excluding hydrogens is 276 g/mol. The summed E-state index contributed by atoms with van der Waals surface area (Å²) in [6.07, 6.45) is 5.23. The Morgan fingerprint density at radius 3 is 2.39 bits per heavy atom. The van der Waals surface area contributed by atoms with E-state index in [2.05, 4.69) is 74.7 Å². The summed E-state index contributed by atoms with van der Waals surface area (Å²) in [4.78, 5) is 0. The molecule has 116 valence electrons.